The Bertz CT molecular complexity index is 1400. The number of halogens is 3. The highest BCUT2D eigenvalue weighted by atomic mass is 35.5. The minimum atomic E-state index is -3.94. The summed E-state index contributed by atoms with van der Waals surface area (Å²) in [6, 6.07) is 19.4. The largest absolute Gasteiger partial charge is 0.352 e. The third-order valence-corrected chi connectivity index (χ3v) is 7.74. The quantitative estimate of drug-likeness (QED) is 0.307. The molecule has 0 bridgehead atoms. The molecule has 3 aromatic rings. The molecule has 7 nitrogen and oxygen atoms in total. The Hall–Kier alpha value is -2.78. The van der Waals surface area contributed by atoms with Crippen molar-refractivity contribution in [1.29, 1.82) is 0 Å². The summed E-state index contributed by atoms with van der Waals surface area (Å²) in [6.07, 6.45) is 1.21. The monoisotopic (exact) mass is 609 g/mol. The van der Waals surface area contributed by atoms with Crippen LogP contribution >= 0.6 is 34.8 Å². The van der Waals surface area contributed by atoms with Crippen molar-refractivity contribution < 1.29 is 18.0 Å². The number of amides is 2. The lowest BCUT2D eigenvalue weighted by atomic mass is 10.0. The molecule has 0 fully saturated rings. The molecular weight excluding hydrogens is 581 g/mol. The molecule has 1 N–H and O–H groups in total. The van der Waals surface area contributed by atoms with Gasteiger partial charge in [0.2, 0.25) is 21.8 Å². The second kappa shape index (κ2) is 13.5. The van der Waals surface area contributed by atoms with Gasteiger partial charge in [0.15, 0.2) is 0 Å². The Morgan fingerprint density at radius 3 is 2.05 bits per heavy atom. The van der Waals surface area contributed by atoms with E-state index in [1.54, 1.807) is 24.3 Å². The fourth-order valence-corrected chi connectivity index (χ4v) is 5.55. The van der Waals surface area contributed by atoms with Crippen LogP contribution in [0.15, 0.2) is 72.8 Å². The first-order valence-electron chi connectivity index (χ1n) is 12.2. The summed E-state index contributed by atoms with van der Waals surface area (Å²) < 4.78 is 26.6. The molecule has 39 heavy (non-hydrogen) atoms. The minimum absolute atomic E-state index is 0.0466. The van der Waals surface area contributed by atoms with Crippen molar-refractivity contribution in [2.75, 3.05) is 17.1 Å². The zero-order valence-electron chi connectivity index (χ0n) is 21.8. The molecule has 0 heterocycles. The molecule has 1 atom stereocenters. The number of nitrogens with one attached hydrogen (secondary N) is 1. The predicted molar refractivity (Wildman–Crippen MR) is 158 cm³/mol. The average molecular weight is 611 g/mol. The van der Waals surface area contributed by atoms with Gasteiger partial charge in [-0.15, -0.1) is 0 Å². The minimum Gasteiger partial charge on any atom is -0.352 e. The molecule has 0 aliphatic heterocycles. The van der Waals surface area contributed by atoms with Gasteiger partial charge in [-0.1, -0.05) is 77.3 Å². The fraction of sp³-hybridized carbons (Fsp3) is 0.286. The average Bonchev–Trinajstić information content (AvgIpc) is 2.85. The van der Waals surface area contributed by atoms with Gasteiger partial charge in [-0.05, 0) is 55.3 Å². The Kier molecular flexibility index (Phi) is 10.7. The highest BCUT2D eigenvalue weighted by molar-refractivity contribution is 7.92. The fourth-order valence-electron chi connectivity index (χ4n) is 4.00. The van der Waals surface area contributed by atoms with E-state index in [0.29, 0.717) is 10.0 Å². The van der Waals surface area contributed by atoms with Gasteiger partial charge in [-0.3, -0.25) is 13.9 Å². The van der Waals surface area contributed by atoms with E-state index >= 15 is 0 Å². The lowest BCUT2D eigenvalue weighted by molar-refractivity contribution is -0.140. The first-order chi connectivity index (χ1) is 18.3. The van der Waals surface area contributed by atoms with E-state index in [0.717, 1.165) is 21.7 Å². The van der Waals surface area contributed by atoms with Gasteiger partial charge in [-0.2, -0.15) is 0 Å². The first-order valence-corrected chi connectivity index (χ1v) is 15.1. The molecule has 0 aliphatic carbocycles. The molecule has 0 saturated carbocycles. The van der Waals surface area contributed by atoms with Crippen LogP contribution in [0.1, 0.15) is 25.0 Å². The van der Waals surface area contributed by atoms with E-state index in [4.69, 9.17) is 34.8 Å². The number of hydrogen-bond acceptors (Lipinski definition) is 4. The number of rotatable bonds is 11. The maximum absolute atomic E-state index is 14.0. The first kappa shape index (κ1) is 30.8. The van der Waals surface area contributed by atoms with Gasteiger partial charge >= 0.3 is 0 Å². The zero-order chi connectivity index (χ0) is 28.7. The lowest BCUT2D eigenvalue weighted by Crippen LogP contribution is -2.54. The number of hydrogen-bond donors (Lipinski definition) is 1. The van der Waals surface area contributed by atoms with Crippen LogP contribution in [-0.4, -0.2) is 50.0 Å². The summed E-state index contributed by atoms with van der Waals surface area (Å²) in [6.45, 7) is 3.13. The van der Waals surface area contributed by atoms with Gasteiger partial charge in [0.05, 0.1) is 17.0 Å². The van der Waals surface area contributed by atoms with E-state index in [1.165, 1.54) is 23.1 Å². The number of carbonyl (C=O) groups is 2. The van der Waals surface area contributed by atoms with Gasteiger partial charge < -0.3 is 10.2 Å². The second-order valence-corrected chi connectivity index (χ2v) is 12.6. The normalized spacial score (nSPS) is 12.2. The standard InChI is InChI=1S/C28H30Cl3N3O4S/c1-19(2)32-28(36)26(15-20-7-5-4-6-8-20)33(17-21-9-11-22(29)12-10-21)27(35)18-34(39(3,37)38)25-14-13-23(30)16-24(25)31/h4-14,16,19,26H,15,17-18H2,1-3H3,(H,32,36). The Morgan fingerprint density at radius 2 is 1.49 bits per heavy atom. The van der Waals surface area contributed by atoms with Crippen LogP contribution in [0.3, 0.4) is 0 Å². The third-order valence-electron chi connectivity index (χ3n) is 5.83. The number of nitrogens with zero attached hydrogens (tertiary/aromatic N) is 2. The molecule has 11 heteroatoms. The molecule has 0 aliphatic rings. The van der Waals surface area contributed by atoms with Crippen molar-refractivity contribution in [2.45, 2.75) is 38.9 Å². The summed E-state index contributed by atoms with van der Waals surface area (Å²) in [5.74, 6) is -0.937. The molecule has 2 amide bonds. The van der Waals surface area contributed by atoms with Crippen LogP contribution in [0.2, 0.25) is 15.1 Å². The molecule has 0 saturated heterocycles. The topological polar surface area (TPSA) is 86.8 Å². The van der Waals surface area contributed by atoms with E-state index < -0.39 is 28.5 Å². The van der Waals surface area contributed by atoms with E-state index in [-0.39, 0.29) is 35.6 Å². The Labute approximate surface area is 244 Å². The molecule has 3 rings (SSSR count). The number of carbonyl (C=O) groups excluding carboxylic acids is 2. The van der Waals surface area contributed by atoms with Gasteiger partial charge in [0.25, 0.3) is 0 Å². The molecule has 208 valence electrons. The lowest BCUT2D eigenvalue weighted by Gasteiger charge is -2.34. The molecule has 0 radical (unpaired) electrons. The number of anilines is 1. The van der Waals surface area contributed by atoms with Crippen molar-refractivity contribution in [3.63, 3.8) is 0 Å². The summed E-state index contributed by atoms with van der Waals surface area (Å²) in [4.78, 5) is 28.9. The summed E-state index contributed by atoms with van der Waals surface area (Å²) in [7, 11) is -3.94. The number of benzene rings is 3. The van der Waals surface area contributed by atoms with Crippen molar-refractivity contribution in [2.24, 2.45) is 0 Å². The van der Waals surface area contributed by atoms with Crippen molar-refractivity contribution in [3.8, 4) is 0 Å². The smallest absolute Gasteiger partial charge is 0.244 e. The third kappa shape index (κ3) is 8.86. The summed E-state index contributed by atoms with van der Waals surface area (Å²) in [5, 5.41) is 3.82. The van der Waals surface area contributed by atoms with Crippen LogP contribution in [0.25, 0.3) is 0 Å². The molecule has 3 aromatic carbocycles. The van der Waals surface area contributed by atoms with E-state index in [2.05, 4.69) is 5.32 Å². The molecule has 1 unspecified atom stereocenters. The Balaban J connectivity index is 2.07. The highest BCUT2D eigenvalue weighted by Crippen LogP contribution is 2.30. The molecule has 0 aromatic heterocycles. The van der Waals surface area contributed by atoms with Crippen molar-refractivity contribution in [3.05, 3.63) is 99.0 Å². The SMILES string of the molecule is CC(C)NC(=O)C(Cc1ccccc1)N(Cc1ccc(Cl)cc1)C(=O)CN(c1ccc(Cl)cc1Cl)S(C)(=O)=O. The van der Waals surface area contributed by atoms with Crippen LogP contribution < -0.4 is 9.62 Å². The Morgan fingerprint density at radius 1 is 0.872 bits per heavy atom. The zero-order valence-corrected chi connectivity index (χ0v) is 24.9. The van der Waals surface area contributed by atoms with Crippen LogP contribution in [0.5, 0.6) is 0 Å². The maximum Gasteiger partial charge on any atom is 0.244 e. The summed E-state index contributed by atoms with van der Waals surface area (Å²) in [5.41, 5.74) is 1.67. The predicted octanol–water partition coefficient (Wildman–Crippen LogP) is 5.58. The maximum atomic E-state index is 14.0. The van der Waals surface area contributed by atoms with Crippen molar-refractivity contribution >= 4 is 62.3 Å². The van der Waals surface area contributed by atoms with Gasteiger partial charge in [-0.25, -0.2) is 8.42 Å². The second-order valence-electron chi connectivity index (χ2n) is 9.38. The van der Waals surface area contributed by atoms with Crippen LogP contribution in [-0.2, 0) is 32.6 Å². The van der Waals surface area contributed by atoms with Gasteiger partial charge in [0, 0.05) is 29.1 Å². The highest BCUT2D eigenvalue weighted by Gasteiger charge is 2.33. The van der Waals surface area contributed by atoms with Crippen molar-refractivity contribution in [1.82, 2.24) is 10.2 Å². The van der Waals surface area contributed by atoms with Crippen LogP contribution in [0.4, 0.5) is 5.69 Å². The molecular formula is C28H30Cl3N3O4S. The molecule has 0 spiro atoms. The van der Waals surface area contributed by atoms with Crippen LogP contribution in [0, 0.1) is 0 Å². The number of sulfonamides is 1. The van der Waals surface area contributed by atoms with E-state index in [9.17, 15) is 18.0 Å². The summed E-state index contributed by atoms with van der Waals surface area (Å²) >= 11 is 18.4. The van der Waals surface area contributed by atoms with Gasteiger partial charge in [0.1, 0.15) is 12.6 Å². The van der Waals surface area contributed by atoms with E-state index in [1.807, 2.05) is 44.2 Å².